The zero-order valence-corrected chi connectivity index (χ0v) is 14.1. The lowest BCUT2D eigenvalue weighted by Gasteiger charge is -2.32. The topological polar surface area (TPSA) is 73.7 Å². The fourth-order valence-electron chi connectivity index (χ4n) is 2.00. The van der Waals surface area contributed by atoms with Crippen LogP contribution in [-0.4, -0.2) is 47.1 Å². The van der Waals surface area contributed by atoms with Crippen molar-refractivity contribution in [1.82, 2.24) is 9.97 Å². The third-order valence-electron chi connectivity index (χ3n) is 4.02. The van der Waals surface area contributed by atoms with E-state index in [-0.39, 0.29) is 11.9 Å². The van der Waals surface area contributed by atoms with Gasteiger partial charge in [0.1, 0.15) is 0 Å². The highest BCUT2D eigenvalue weighted by molar-refractivity contribution is 6.55. The first-order chi connectivity index (χ1) is 10.2. The smallest absolute Gasteiger partial charge is 0.480 e. The summed E-state index contributed by atoms with van der Waals surface area (Å²) >= 11 is 5.75. The molecule has 1 aliphatic heterocycles. The van der Waals surface area contributed by atoms with Crippen LogP contribution in [0.15, 0.2) is 11.7 Å². The van der Waals surface area contributed by atoms with E-state index in [2.05, 4.69) is 9.97 Å². The van der Waals surface area contributed by atoms with Gasteiger partial charge in [0.15, 0.2) is 0 Å². The van der Waals surface area contributed by atoms with Gasteiger partial charge in [-0.25, -0.2) is 4.98 Å². The van der Waals surface area contributed by atoms with Gasteiger partial charge < -0.3 is 19.2 Å². The first kappa shape index (κ1) is 17.2. The summed E-state index contributed by atoms with van der Waals surface area (Å²) in [6.07, 6.45) is 3.21. The Labute approximate surface area is 135 Å². The highest BCUT2D eigenvalue weighted by Crippen LogP contribution is 2.39. The van der Waals surface area contributed by atoms with Crippen LogP contribution in [0.1, 0.15) is 33.3 Å². The molecule has 1 saturated heterocycles. The third-order valence-corrected chi connectivity index (χ3v) is 4.21. The summed E-state index contributed by atoms with van der Waals surface area (Å²) in [5.74, 6) is 0.322. The number of hydrogen-bond acceptors (Lipinski definition) is 6. The van der Waals surface area contributed by atoms with Gasteiger partial charge in [-0.05, 0) is 50.8 Å². The quantitative estimate of drug-likeness (QED) is 0.675. The van der Waals surface area contributed by atoms with Crippen LogP contribution in [0.5, 0.6) is 5.88 Å². The lowest BCUT2D eigenvalue weighted by molar-refractivity contribution is 0.00578. The van der Waals surface area contributed by atoms with Crippen LogP contribution < -0.4 is 4.74 Å². The fourth-order valence-corrected chi connectivity index (χ4v) is 2.13. The van der Waals surface area contributed by atoms with E-state index in [9.17, 15) is 5.11 Å². The molecule has 6 nitrogen and oxygen atoms in total. The fraction of sp³-hybridized carbons (Fsp3) is 0.571. The predicted molar refractivity (Wildman–Crippen MR) is 84.7 cm³/mol. The van der Waals surface area contributed by atoms with E-state index in [4.69, 9.17) is 25.6 Å². The Morgan fingerprint density at radius 3 is 2.45 bits per heavy atom. The van der Waals surface area contributed by atoms with Crippen molar-refractivity contribution in [3.63, 3.8) is 0 Å². The Morgan fingerprint density at radius 1 is 1.36 bits per heavy atom. The minimum absolute atomic E-state index is 0.0928. The number of rotatable bonds is 4. The van der Waals surface area contributed by atoms with Gasteiger partial charge in [0.05, 0.1) is 30.5 Å². The Kier molecular flexibility index (Phi) is 4.82. The average Bonchev–Trinajstić information content (AvgIpc) is 2.65. The van der Waals surface area contributed by atoms with E-state index in [0.29, 0.717) is 16.9 Å². The van der Waals surface area contributed by atoms with Crippen LogP contribution in [0.25, 0.3) is 6.08 Å². The lowest BCUT2D eigenvalue weighted by Crippen LogP contribution is -2.41. The molecule has 1 aliphatic rings. The molecule has 0 spiro atoms. The van der Waals surface area contributed by atoms with Crippen LogP contribution in [0.4, 0.5) is 0 Å². The normalized spacial score (nSPS) is 20.3. The van der Waals surface area contributed by atoms with Crippen molar-refractivity contribution in [2.45, 2.75) is 38.9 Å². The van der Waals surface area contributed by atoms with E-state index < -0.39 is 18.3 Å². The second-order valence-electron chi connectivity index (χ2n) is 6.07. The van der Waals surface area contributed by atoms with Gasteiger partial charge in [0.25, 0.3) is 0 Å². The molecule has 0 radical (unpaired) electrons. The van der Waals surface area contributed by atoms with E-state index in [1.54, 1.807) is 6.08 Å². The minimum Gasteiger partial charge on any atom is -0.480 e. The van der Waals surface area contributed by atoms with Crippen LogP contribution in [0, 0.1) is 0 Å². The van der Waals surface area contributed by atoms with Gasteiger partial charge in [-0.15, -0.1) is 0 Å². The summed E-state index contributed by atoms with van der Waals surface area (Å²) in [6, 6.07) is 0. The van der Waals surface area contributed by atoms with Crippen LogP contribution >= 0.6 is 11.6 Å². The molecule has 8 heteroatoms. The summed E-state index contributed by atoms with van der Waals surface area (Å²) in [7, 11) is 0.846. The number of methoxy groups -OCH3 is 1. The number of halogens is 1. The van der Waals surface area contributed by atoms with Crippen molar-refractivity contribution in [3.8, 4) is 5.88 Å². The minimum atomic E-state index is -0.643. The molecule has 2 rings (SSSR count). The molecule has 1 aromatic heterocycles. The lowest BCUT2D eigenvalue weighted by atomic mass is 9.77. The highest BCUT2D eigenvalue weighted by Gasteiger charge is 2.52. The summed E-state index contributed by atoms with van der Waals surface area (Å²) in [5, 5.41) is 9.76. The summed E-state index contributed by atoms with van der Waals surface area (Å²) < 4.78 is 17.0. The SMILES string of the molecule is COc1nc(Cl)ncc1C=C(CO)B1OC(C)(C)C(C)(C)O1. The van der Waals surface area contributed by atoms with E-state index in [0.717, 1.165) is 0 Å². The van der Waals surface area contributed by atoms with Gasteiger partial charge in [0.2, 0.25) is 11.2 Å². The average molecular weight is 327 g/mol. The van der Waals surface area contributed by atoms with Gasteiger partial charge in [0, 0.05) is 6.20 Å². The van der Waals surface area contributed by atoms with Crippen LogP contribution in [0.3, 0.4) is 0 Å². The zero-order chi connectivity index (χ0) is 16.5. The Bertz CT molecular complexity index is 576. The summed E-state index contributed by atoms with van der Waals surface area (Å²) in [4.78, 5) is 7.91. The van der Waals surface area contributed by atoms with Gasteiger partial charge in [-0.2, -0.15) is 4.98 Å². The molecular weight excluding hydrogens is 306 g/mol. The number of aliphatic hydroxyl groups excluding tert-OH is 1. The molecule has 1 fully saturated rings. The van der Waals surface area contributed by atoms with Crippen molar-refractivity contribution in [1.29, 1.82) is 0 Å². The molecule has 1 aromatic rings. The number of aliphatic hydroxyl groups is 1. The first-order valence-electron chi connectivity index (χ1n) is 6.93. The molecule has 0 unspecified atom stereocenters. The predicted octanol–water partition coefficient (Wildman–Crippen LogP) is 2.15. The largest absolute Gasteiger partial charge is 0.492 e. The third kappa shape index (κ3) is 3.27. The van der Waals surface area contributed by atoms with Crippen molar-refractivity contribution in [3.05, 3.63) is 22.5 Å². The number of hydrogen-bond donors (Lipinski definition) is 1. The van der Waals surface area contributed by atoms with Gasteiger partial charge in [-0.1, -0.05) is 0 Å². The van der Waals surface area contributed by atoms with E-state index in [1.165, 1.54) is 13.3 Å². The molecule has 0 bridgehead atoms. The standard InChI is InChI=1S/C14H20BClN2O4/c1-13(2)14(3,4)22-15(21-13)10(8-19)6-9-7-17-12(16)18-11(9)20-5/h6-7,19H,8H2,1-5H3. The van der Waals surface area contributed by atoms with Crippen LogP contribution in [0.2, 0.25) is 5.28 Å². The number of nitrogens with zero attached hydrogens (tertiary/aromatic N) is 2. The number of aromatic nitrogens is 2. The molecule has 0 aliphatic carbocycles. The molecule has 0 saturated carbocycles. The molecule has 22 heavy (non-hydrogen) atoms. The van der Waals surface area contributed by atoms with Gasteiger partial charge in [-0.3, -0.25) is 0 Å². The Balaban J connectivity index is 2.34. The molecule has 2 heterocycles. The highest BCUT2D eigenvalue weighted by atomic mass is 35.5. The molecule has 120 valence electrons. The molecular formula is C14H20BClN2O4. The first-order valence-corrected chi connectivity index (χ1v) is 7.31. The van der Waals surface area contributed by atoms with Crippen molar-refractivity contribution in [2.75, 3.05) is 13.7 Å². The monoisotopic (exact) mass is 326 g/mol. The zero-order valence-electron chi connectivity index (χ0n) is 13.4. The molecule has 1 N–H and O–H groups in total. The second-order valence-corrected chi connectivity index (χ2v) is 6.41. The molecule has 0 atom stereocenters. The number of ether oxygens (including phenoxy) is 1. The summed E-state index contributed by atoms with van der Waals surface area (Å²) in [5.41, 5.74) is 0.187. The summed E-state index contributed by atoms with van der Waals surface area (Å²) in [6.45, 7) is 7.59. The maximum absolute atomic E-state index is 9.67. The van der Waals surface area contributed by atoms with Gasteiger partial charge >= 0.3 is 7.12 Å². The van der Waals surface area contributed by atoms with Crippen molar-refractivity contribution < 1.29 is 19.2 Å². The molecule has 0 aromatic carbocycles. The van der Waals surface area contributed by atoms with Crippen molar-refractivity contribution >= 4 is 24.8 Å². The maximum Gasteiger partial charge on any atom is 0.492 e. The van der Waals surface area contributed by atoms with E-state index >= 15 is 0 Å². The van der Waals surface area contributed by atoms with Crippen molar-refractivity contribution in [2.24, 2.45) is 0 Å². The Morgan fingerprint density at radius 2 is 1.95 bits per heavy atom. The van der Waals surface area contributed by atoms with Crippen LogP contribution in [-0.2, 0) is 9.31 Å². The van der Waals surface area contributed by atoms with E-state index in [1.807, 2.05) is 27.7 Å². The Hall–Kier alpha value is -1.15. The second kappa shape index (κ2) is 6.16. The molecule has 0 amide bonds. The maximum atomic E-state index is 9.67.